The lowest BCUT2D eigenvalue weighted by Gasteiger charge is -2.19. The Kier molecular flexibility index (Phi) is 4.50. The number of carbonyl (C=O) groups is 1. The van der Waals surface area contributed by atoms with E-state index in [4.69, 9.17) is 21.1 Å². The highest BCUT2D eigenvalue weighted by molar-refractivity contribution is 6.30. The second-order valence-electron chi connectivity index (χ2n) is 5.82. The summed E-state index contributed by atoms with van der Waals surface area (Å²) in [5.41, 5.74) is 2.19. The SMILES string of the molecule is O=C(Cc1ccc2c(c1)OCCO2)Nc1ccc(Cl)cc1-n1cccn1. The molecule has 26 heavy (non-hydrogen) atoms. The van der Waals surface area contributed by atoms with Crippen LogP contribution in [0.3, 0.4) is 0 Å². The number of benzene rings is 2. The molecule has 132 valence electrons. The first-order chi connectivity index (χ1) is 12.7. The van der Waals surface area contributed by atoms with Crippen LogP contribution < -0.4 is 14.8 Å². The molecule has 0 bridgehead atoms. The molecule has 0 saturated heterocycles. The van der Waals surface area contributed by atoms with Gasteiger partial charge in [-0.1, -0.05) is 17.7 Å². The highest BCUT2D eigenvalue weighted by Gasteiger charge is 2.14. The van der Waals surface area contributed by atoms with E-state index in [1.165, 1.54) is 0 Å². The predicted octanol–water partition coefficient (Wildman–Crippen LogP) is 3.48. The first kappa shape index (κ1) is 16.5. The Labute approximate surface area is 155 Å². The largest absolute Gasteiger partial charge is 0.486 e. The van der Waals surface area contributed by atoms with E-state index in [9.17, 15) is 4.79 Å². The minimum Gasteiger partial charge on any atom is -0.486 e. The van der Waals surface area contributed by atoms with E-state index in [1.54, 1.807) is 35.3 Å². The van der Waals surface area contributed by atoms with E-state index < -0.39 is 0 Å². The van der Waals surface area contributed by atoms with Crippen molar-refractivity contribution in [3.63, 3.8) is 0 Å². The third-order valence-electron chi connectivity index (χ3n) is 3.96. The Morgan fingerprint density at radius 1 is 1.15 bits per heavy atom. The maximum Gasteiger partial charge on any atom is 0.228 e. The van der Waals surface area contributed by atoms with E-state index in [2.05, 4.69) is 10.4 Å². The molecule has 0 spiro atoms. The zero-order valence-electron chi connectivity index (χ0n) is 13.8. The van der Waals surface area contributed by atoms with Gasteiger partial charge in [0.05, 0.1) is 17.8 Å². The van der Waals surface area contributed by atoms with Crippen LogP contribution in [-0.2, 0) is 11.2 Å². The number of rotatable bonds is 4. The van der Waals surface area contributed by atoms with Crippen LogP contribution in [0.15, 0.2) is 54.9 Å². The third kappa shape index (κ3) is 3.50. The number of nitrogens with zero attached hydrogens (tertiary/aromatic N) is 2. The fraction of sp³-hybridized carbons (Fsp3) is 0.158. The van der Waals surface area contributed by atoms with Gasteiger partial charge in [0, 0.05) is 17.4 Å². The first-order valence-electron chi connectivity index (χ1n) is 8.17. The summed E-state index contributed by atoms with van der Waals surface area (Å²) >= 11 is 6.09. The summed E-state index contributed by atoms with van der Waals surface area (Å²) in [7, 11) is 0. The van der Waals surface area contributed by atoms with E-state index in [0.29, 0.717) is 41.1 Å². The lowest BCUT2D eigenvalue weighted by molar-refractivity contribution is -0.115. The second-order valence-corrected chi connectivity index (χ2v) is 6.25. The maximum absolute atomic E-state index is 12.5. The van der Waals surface area contributed by atoms with Crippen LogP contribution in [0.5, 0.6) is 11.5 Å². The third-order valence-corrected chi connectivity index (χ3v) is 4.19. The number of aromatic nitrogens is 2. The van der Waals surface area contributed by atoms with Crippen molar-refractivity contribution in [3.05, 3.63) is 65.4 Å². The molecule has 1 amide bonds. The first-order valence-corrected chi connectivity index (χ1v) is 8.55. The second kappa shape index (κ2) is 7.09. The molecule has 6 nitrogen and oxygen atoms in total. The molecule has 1 N–H and O–H groups in total. The summed E-state index contributed by atoms with van der Waals surface area (Å²) in [5.74, 6) is 1.24. The minimum absolute atomic E-state index is 0.141. The van der Waals surface area contributed by atoms with Gasteiger partial charge in [-0.3, -0.25) is 4.79 Å². The molecule has 0 saturated carbocycles. The zero-order chi connectivity index (χ0) is 17.9. The van der Waals surface area contributed by atoms with Crippen LogP contribution in [-0.4, -0.2) is 28.9 Å². The quantitative estimate of drug-likeness (QED) is 0.764. The lowest BCUT2D eigenvalue weighted by atomic mass is 10.1. The topological polar surface area (TPSA) is 65.4 Å². The number of anilines is 1. The van der Waals surface area contributed by atoms with Crippen LogP contribution in [0.2, 0.25) is 5.02 Å². The van der Waals surface area contributed by atoms with Gasteiger partial charge in [0.1, 0.15) is 13.2 Å². The molecule has 1 aromatic heterocycles. The fourth-order valence-corrected chi connectivity index (χ4v) is 2.96. The molecule has 0 aliphatic carbocycles. The smallest absolute Gasteiger partial charge is 0.228 e. The maximum atomic E-state index is 12.5. The molecule has 1 aliphatic heterocycles. The van der Waals surface area contributed by atoms with E-state index in [-0.39, 0.29) is 12.3 Å². The molecule has 3 aromatic rings. The van der Waals surface area contributed by atoms with Crippen molar-refractivity contribution in [2.45, 2.75) is 6.42 Å². The molecule has 2 aromatic carbocycles. The zero-order valence-corrected chi connectivity index (χ0v) is 14.6. The van der Waals surface area contributed by atoms with E-state index >= 15 is 0 Å². The van der Waals surface area contributed by atoms with Crippen molar-refractivity contribution >= 4 is 23.2 Å². The van der Waals surface area contributed by atoms with Gasteiger partial charge in [-0.25, -0.2) is 4.68 Å². The minimum atomic E-state index is -0.141. The lowest BCUT2D eigenvalue weighted by Crippen LogP contribution is -2.18. The highest BCUT2D eigenvalue weighted by Crippen LogP contribution is 2.31. The fourth-order valence-electron chi connectivity index (χ4n) is 2.79. The Morgan fingerprint density at radius 2 is 2.00 bits per heavy atom. The Morgan fingerprint density at radius 3 is 2.81 bits per heavy atom. The number of amides is 1. The van der Waals surface area contributed by atoms with Gasteiger partial charge in [0.2, 0.25) is 5.91 Å². The van der Waals surface area contributed by atoms with Crippen LogP contribution in [0.25, 0.3) is 5.69 Å². The van der Waals surface area contributed by atoms with Crippen molar-refractivity contribution in [2.75, 3.05) is 18.5 Å². The molecule has 0 fully saturated rings. The Bertz CT molecular complexity index is 941. The van der Waals surface area contributed by atoms with Gasteiger partial charge in [0.15, 0.2) is 11.5 Å². The summed E-state index contributed by atoms with van der Waals surface area (Å²) in [4.78, 5) is 12.5. The summed E-state index contributed by atoms with van der Waals surface area (Å²) in [5, 5.41) is 7.70. The molecule has 0 unspecified atom stereocenters. The number of nitrogens with one attached hydrogen (secondary N) is 1. The average Bonchev–Trinajstić information content (AvgIpc) is 3.17. The summed E-state index contributed by atoms with van der Waals surface area (Å²) in [6.07, 6.45) is 3.68. The number of ether oxygens (including phenoxy) is 2. The van der Waals surface area contributed by atoms with E-state index in [1.807, 2.05) is 24.3 Å². The van der Waals surface area contributed by atoms with E-state index in [0.717, 1.165) is 5.56 Å². The van der Waals surface area contributed by atoms with Crippen molar-refractivity contribution in [2.24, 2.45) is 0 Å². The van der Waals surface area contributed by atoms with Gasteiger partial charge in [-0.2, -0.15) is 5.10 Å². The summed E-state index contributed by atoms with van der Waals surface area (Å²) in [6.45, 7) is 1.06. The molecule has 0 radical (unpaired) electrons. The van der Waals surface area contributed by atoms with Gasteiger partial charge in [0.25, 0.3) is 0 Å². The van der Waals surface area contributed by atoms with Crippen LogP contribution in [0.4, 0.5) is 5.69 Å². The number of fused-ring (bicyclic) bond motifs is 1. The van der Waals surface area contributed by atoms with Crippen molar-refractivity contribution in [1.82, 2.24) is 9.78 Å². The Hall–Kier alpha value is -2.99. The predicted molar refractivity (Wildman–Crippen MR) is 98.3 cm³/mol. The van der Waals surface area contributed by atoms with Gasteiger partial charge >= 0.3 is 0 Å². The monoisotopic (exact) mass is 369 g/mol. The van der Waals surface area contributed by atoms with Crippen LogP contribution in [0.1, 0.15) is 5.56 Å². The average molecular weight is 370 g/mol. The number of hydrogen-bond donors (Lipinski definition) is 1. The van der Waals surface area contributed by atoms with Gasteiger partial charge < -0.3 is 14.8 Å². The number of hydrogen-bond acceptors (Lipinski definition) is 4. The number of halogens is 1. The normalized spacial score (nSPS) is 12.7. The Balaban J connectivity index is 1.52. The molecular weight excluding hydrogens is 354 g/mol. The van der Waals surface area contributed by atoms with Crippen LogP contribution >= 0.6 is 11.6 Å². The highest BCUT2D eigenvalue weighted by atomic mass is 35.5. The molecule has 2 heterocycles. The van der Waals surface area contributed by atoms with Crippen molar-refractivity contribution < 1.29 is 14.3 Å². The molecule has 1 aliphatic rings. The number of carbonyl (C=O) groups excluding carboxylic acids is 1. The van der Waals surface area contributed by atoms with Gasteiger partial charge in [-0.15, -0.1) is 0 Å². The standard InChI is InChI=1S/C19H16ClN3O3/c20-14-3-4-15(16(12-14)23-7-1-6-21-23)22-19(24)11-13-2-5-17-18(10-13)26-9-8-25-17/h1-7,10,12H,8-9,11H2,(H,22,24). The summed E-state index contributed by atoms with van der Waals surface area (Å²) < 4.78 is 12.7. The van der Waals surface area contributed by atoms with Crippen molar-refractivity contribution in [1.29, 1.82) is 0 Å². The van der Waals surface area contributed by atoms with Crippen LogP contribution in [0, 0.1) is 0 Å². The van der Waals surface area contributed by atoms with Crippen molar-refractivity contribution in [3.8, 4) is 17.2 Å². The van der Waals surface area contributed by atoms with Gasteiger partial charge in [-0.05, 0) is 42.0 Å². The molecule has 4 rings (SSSR count). The molecule has 7 heteroatoms. The molecule has 0 atom stereocenters. The molecular formula is C19H16ClN3O3. The summed E-state index contributed by atoms with van der Waals surface area (Å²) in [6, 6.07) is 12.6.